The van der Waals surface area contributed by atoms with Gasteiger partial charge in [0.05, 0.1) is 11.4 Å². The van der Waals surface area contributed by atoms with Gasteiger partial charge in [-0.05, 0) is 29.8 Å². The normalized spacial score (nSPS) is 27.0. The van der Waals surface area contributed by atoms with E-state index in [1.807, 2.05) is 0 Å². The van der Waals surface area contributed by atoms with Gasteiger partial charge < -0.3 is 15.3 Å². The summed E-state index contributed by atoms with van der Waals surface area (Å²) in [6.07, 6.45) is 2.77. The largest absolute Gasteiger partial charge is 1.00 e. The number of nitrogens with zero attached hydrogens (tertiary/aromatic N) is 2. The molecule has 0 saturated heterocycles. The first kappa shape index (κ1) is 23.2. The number of amides is 1. The van der Waals surface area contributed by atoms with Crippen LogP contribution in [0.25, 0.3) is 0 Å². The molecule has 170 valence electrons. The summed E-state index contributed by atoms with van der Waals surface area (Å²) in [7, 11) is -4.04. The topological polar surface area (TPSA) is 99.1 Å². The number of rotatable bonds is 3. The molecule has 34 heavy (non-hydrogen) atoms. The molecule has 2 heterocycles. The van der Waals surface area contributed by atoms with Crippen molar-refractivity contribution in [2.45, 2.75) is 30.7 Å². The molecule has 0 unspecified atom stereocenters. The van der Waals surface area contributed by atoms with Crippen molar-refractivity contribution in [1.82, 2.24) is 4.90 Å². The third kappa shape index (κ3) is 3.49. The van der Waals surface area contributed by atoms with Crippen LogP contribution in [0, 0.1) is 29.6 Å². The van der Waals surface area contributed by atoms with Gasteiger partial charge in [-0.15, -0.1) is 10.3 Å². The SMILES string of the molecule is O=C1C(C2=NS(=O)(=O)c3ccccc3N2)=C(O)[C@H]2[C-]([C@@H]3CC[C@H]2C3)N1Cc1ccc(F)cc1.[Li+]. The van der Waals surface area contributed by atoms with Crippen molar-refractivity contribution in [2.75, 3.05) is 5.32 Å². The second-order valence-electron chi connectivity index (χ2n) is 8.99. The fourth-order valence-corrected chi connectivity index (χ4v) is 6.86. The van der Waals surface area contributed by atoms with Crippen LogP contribution >= 0.6 is 0 Å². The molecule has 10 heteroatoms. The summed E-state index contributed by atoms with van der Waals surface area (Å²) < 4.78 is 42.9. The van der Waals surface area contributed by atoms with Crippen LogP contribution in [0.15, 0.2) is 69.2 Å². The van der Waals surface area contributed by atoms with E-state index in [-0.39, 0.29) is 71.0 Å². The Kier molecular flexibility index (Phi) is 5.62. The standard InChI is InChI=1S/C24H21FN3O4S.Li/c25-16-9-5-13(6-10-16)12-28-21-15-8-7-14(11-15)19(21)22(29)20(24(28)30)23-26-17-3-1-2-4-18(17)33(31,32)27-23;/h1-6,9-10,14-15,19,29H,7-8,11-12H2,(H,26,27);/q-1;+1/t14-,15+,19+;/m0./s1. The fourth-order valence-electron chi connectivity index (χ4n) is 5.73. The number of para-hydroxylation sites is 1. The van der Waals surface area contributed by atoms with Crippen molar-refractivity contribution in [3.63, 3.8) is 0 Å². The molecule has 4 aliphatic rings. The van der Waals surface area contributed by atoms with Crippen LogP contribution in [0.4, 0.5) is 10.1 Å². The number of hydrogen-bond donors (Lipinski definition) is 2. The first-order chi connectivity index (χ1) is 15.8. The molecule has 2 fully saturated rings. The minimum absolute atomic E-state index is 0. The van der Waals surface area contributed by atoms with E-state index in [1.165, 1.54) is 18.2 Å². The molecule has 2 aromatic carbocycles. The molecule has 7 nitrogen and oxygen atoms in total. The molecule has 6 rings (SSSR count). The minimum Gasteiger partial charge on any atom is -0.514 e. The number of carbonyl (C=O) groups is 1. The summed E-state index contributed by atoms with van der Waals surface area (Å²) in [6, 6.07) is 13.1. The van der Waals surface area contributed by atoms with Crippen LogP contribution < -0.4 is 24.2 Å². The van der Waals surface area contributed by atoms with Crippen LogP contribution in [0.5, 0.6) is 0 Å². The third-order valence-corrected chi connectivity index (χ3v) is 8.46. The predicted octanol–water partition coefficient (Wildman–Crippen LogP) is 0.775. The molecule has 2 aromatic rings. The van der Waals surface area contributed by atoms with E-state index in [2.05, 4.69) is 9.71 Å². The van der Waals surface area contributed by atoms with Crippen LogP contribution in [0.1, 0.15) is 24.8 Å². The first-order valence-electron chi connectivity index (χ1n) is 10.9. The summed E-state index contributed by atoms with van der Waals surface area (Å²) in [5.41, 5.74) is 0.941. The maximum absolute atomic E-state index is 13.7. The predicted molar refractivity (Wildman–Crippen MR) is 119 cm³/mol. The molecule has 2 bridgehead atoms. The maximum Gasteiger partial charge on any atom is 1.00 e. The molecule has 0 aromatic heterocycles. The second-order valence-corrected chi connectivity index (χ2v) is 10.6. The molecule has 2 saturated carbocycles. The number of hydrogen-bond acceptors (Lipinski definition) is 5. The van der Waals surface area contributed by atoms with Crippen molar-refractivity contribution in [3.8, 4) is 0 Å². The minimum atomic E-state index is -4.04. The van der Waals surface area contributed by atoms with E-state index in [0.29, 0.717) is 5.69 Å². The molecular weight excluding hydrogens is 452 g/mol. The molecule has 1 amide bonds. The van der Waals surface area contributed by atoms with E-state index in [9.17, 15) is 22.7 Å². The number of fused-ring (bicyclic) bond motifs is 6. The van der Waals surface area contributed by atoms with E-state index in [4.69, 9.17) is 0 Å². The van der Waals surface area contributed by atoms with E-state index >= 15 is 0 Å². The Morgan fingerprint density at radius 2 is 1.88 bits per heavy atom. The number of aliphatic hydroxyl groups excluding tert-OH is 1. The summed E-state index contributed by atoms with van der Waals surface area (Å²) in [6.45, 7) is 0.210. The Morgan fingerprint density at radius 1 is 1.15 bits per heavy atom. The average molecular weight is 473 g/mol. The molecule has 2 aliphatic heterocycles. The number of amidine groups is 1. The van der Waals surface area contributed by atoms with E-state index < -0.39 is 15.9 Å². The number of carbonyl (C=O) groups excluding carboxylic acids is 1. The van der Waals surface area contributed by atoms with Crippen molar-refractivity contribution in [3.05, 3.63) is 77.3 Å². The van der Waals surface area contributed by atoms with Crippen molar-refractivity contribution < 1.29 is 41.6 Å². The Bertz CT molecular complexity index is 1340. The van der Waals surface area contributed by atoms with Crippen LogP contribution in [0.2, 0.25) is 0 Å². The van der Waals surface area contributed by atoms with Crippen molar-refractivity contribution in [1.29, 1.82) is 0 Å². The van der Waals surface area contributed by atoms with Gasteiger partial charge in [0.1, 0.15) is 16.3 Å². The molecule has 2 aliphatic carbocycles. The summed E-state index contributed by atoms with van der Waals surface area (Å²) in [5.74, 6) is -1.11. The Hall–Kier alpha value is -2.60. The third-order valence-electron chi connectivity index (χ3n) is 7.12. The van der Waals surface area contributed by atoms with E-state index in [0.717, 1.165) is 30.9 Å². The van der Waals surface area contributed by atoms with Gasteiger partial charge in [-0.2, -0.15) is 8.42 Å². The number of halogens is 1. The average Bonchev–Trinajstić information content (AvgIpc) is 3.40. The zero-order valence-electron chi connectivity index (χ0n) is 18.5. The zero-order chi connectivity index (χ0) is 22.9. The van der Waals surface area contributed by atoms with Crippen LogP contribution in [-0.4, -0.2) is 30.2 Å². The Morgan fingerprint density at radius 3 is 2.65 bits per heavy atom. The van der Waals surface area contributed by atoms with Crippen molar-refractivity contribution in [2.24, 2.45) is 22.2 Å². The monoisotopic (exact) mass is 473 g/mol. The van der Waals surface area contributed by atoms with Crippen molar-refractivity contribution >= 4 is 27.5 Å². The van der Waals surface area contributed by atoms with Crippen LogP contribution in [0.3, 0.4) is 0 Å². The van der Waals surface area contributed by atoms with Gasteiger partial charge in [0, 0.05) is 6.54 Å². The van der Waals surface area contributed by atoms with E-state index in [1.54, 1.807) is 35.2 Å². The quantitative estimate of drug-likeness (QED) is 0.507. The Balaban J connectivity index is 0.00000241. The smallest absolute Gasteiger partial charge is 0.514 e. The van der Waals surface area contributed by atoms with Gasteiger partial charge >= 0.3 is 18.9 Å². The number of nitrogens with one attached hydrogen (secondary N) is 1. The molecule has 3 atom stereocenters. The van der Waals surface area contributed by atoms with Gasteiger partial charge in [0.25, 0.3) is 10.0 Å². The molecule has 0 spiro atoms. The second kappa shape index (κ2) is 8.26. The molecule has 0 radical (unpaired) electrons. The van der Waals surface area contributed by atoms with Gasteiger partial charge in [0.2, 0.25) is 5.91 Å². The molecular formula is C24H21FLiN3O4S. The number of benzene rings is 2. The van der Waals surface area contributed by atoms with Crippen LogP contribution in [-0.2, 0) is 21.4 Å². The molecule has 2 N–H and O–H groups in total. The summed E-state index contributed by atoms with van der Waals surface area (Å²) in [5, 5.41) is 14.2. The number of aliphatic hydroxyl groups is 1. The maximum atomic E-state index is 13.7. The fraction of sp³-hybridized carbons (Fsp3) is 0.292. The number of sulfonamides is 1. The van der Waals surface area contributed by atoms with Gasteiger partial charge in [-0.1, -0.05) is 55.4 Å². The summed E-state index contributed by atoms with van der Waals surface area (Å²) in [4.78, 5) is 15.4. The number of anilines is 1. The Labute approximate surface area is 209 Å². The van der Waals surface area contributed by atoms with Gasteiger partial charge in [-0.25, -0.2) is 10.4 Å². The summed E-state index contributed by atoms with van der Waals surface area (Å²) >= 11 is 0. The van der Waals surface area contributed by atoms with Gasteiger partial charge in [0.15, 0.2) is 5.84 Å². The zero-order valence-corrected chi connectivity index (χ0v) is 19.3. The first-order valence-corrected chi connectivity index (χ1v) is 12.3. The van der Waals surface area contributed by atoms with Gasteiger partial charge in [-0.3, -0.25) is 4.79 Å².